The van der Waals surface area contributed by atoms with E-state index < -0.39 is 0 Å². The lowest BCUT2D eigenvalue weighted by atomic mass is 9.97. The van der Waals surface area contributed by atoms with Gasteiger partial charge in [0.05, 0.1) is 13.2 Å². The Kier molecular flexibility index (Phi) is 8.67. The van der Waals surface area contributed by atoms with Crippen molar-refractivity contribution in [1.29, 1.82) is 0 Å². The van der Waals surface area contributed by atoms with E-state index in [0.717, 1.165) is 41.0 Å². The molecule has 3 nitrogen and oxygen atoms in total. The van der Waals surface area contributed by atoms with Gasteiger partial charge in [-0.2, -0.15) is 0 Å². The van der Waals surface area contributed by atoms with Crippen molar-refractivity contribution in [2.45, 2.75) is 46.6 Å². The molecule has 0 aromatic heterocycles. The van der Waals surface area contributed by atoms with E-state index >= 15 is 0 Å². The molecular weight excluding hydrogens is 372 g/mol. The molecule has 0 spiro atoms. The fourth-order valence-corrected chi connectivity index (χ4v) is 3.29. The molecule has 0 radical (unpaired) electrons. The minimum atomic E-state index is 0.0266. The average Bonchev–Trinajstić information content (AvgIpc) is 2.72. The molecule has 2 aromatic carbocycles. The van der Waals surface area contributed by atoms with Crippen molar-refractivity contribution < 1.29 is 14.3 Å². The van der Waals surface area contributed by atoms with Crippen LogP contribution in [0.1, 0.15) is 55.1 Å². The van der Waals surface area contributed by atoms with Crippen molar-refractivity contribution in [1.82, 2.24) is 0 Å². The first-order valence-electron chi connectivity index (χ1n) is 10.3. The van der Waals surface area contributed by atoms with Crippen LogP contribution in [0.25, 0.3) is 5.57 Å². The van der Waals surface area contributed by atoms with Crippen LogP contribution >= 0.6 is 0 Å². The molecule has 158 valence electrons. The summed E-state index contributed by atoms with van der Waals surface area (Å²) in [6.07, 6.45) is 7.49. The molecule has 0 saturated heterocycles. The first kappa shape index (κ1) is 23.2. The van der Waals surface area contributed by atoms with Crippen LogP contribution < -0.4 is 9.47 Å². The van der Waals surface area contributed by atoms with Crippen molar-refractivity contribution in [3.63, 3.8) is 0 Å². The molecule has 30 heavy (non-hydrogen) atoms. The Morgan fingerprint density at radius 2 is 1.90 bits per heavy atom. The summed E-state index contributed by atoms with van der Waals surface area (Å²) < 4.78 is 11.1. The van der Waals surface area contributed by atoms with Gasteiger partial charge in [-0.1, -0.05) is 43.0 Å². The Morgan fingerprint density at radius 1 is 1.13 bits per heavy atom. The summed E-state index contributed by atoms with van der Waals surface area (Å²) in [6.45, 7) is 11.7. The highest BCUT2D eigenvalue weighted by atomic mass is 16.5. The third-order valence-electron chi connectivity index (χ3n) is 4.78. The molecule has 2 aromatic rings. The number of carbonyl (C=O) groups excluding carboxylic acids is 1. The molecular formula is C27H32O3. The van der Waals surface area contributed by atoms with Gasteiger partial charge in [-0.15, -0.1) is 0 Å². The zero-order valence-corrected chi connectivity index (χ0v) is 18.7. The predicted octanol–water partition coefficient (Wildman–Crippen LogP) is 6.97. The highest BCUT2D eigenvalue weighted by Gasteiger charge is 2.10. The maximum Gasteiger partial charge on any atom is 0.188 e. The van der Waals surface area contributed by atoms with Gasteiger partial charge in [0.25, 0.3) is 0 Å². The van der Waals surface area contributed by atoms with Crippen molar-refractivity contribution in [2.24, 2.45) is 0 Å². The standard InChI is InChI=1S/C27H32O3/c1-7-10-22(23-15-16-26(29-6)21(5)17-23)12-8-11-20(4)27(28)24-13-9-14-25(18-24)30-19(2)3/h7,9-11,13-19H,1,8,12H2,2-6H3/b20-11-,22-10-. The van der Waals surface area contributed by atoms with Crippen LogP contribution in [0.2, 0.25) is 0 Å². The van der Waals surface area contributed by atoms with Crippen LogP contribution in [0.5, 0.6) is 11.5 Å². The molecule has 0 unspecified atom stereocenters. The van der Waals surface area contributed by atoms with Gasteiger partial charge < -0.3 is 9.47 Å². The molecule has 3 heteroatoms. The summed E-state index contributed by atoms with van der Waals surface area (Å²) in [7, 11) is 1.68. The maximum atomic E-state index is 12.8. The van der Waals surface area contributed by atoms with E-state index in [4.69, 9.17) is 9.47 Å². The number of hydrogen-bond donors (Lipinski definition) is 0. The molecule has 2 rings (SSSR count). The third-order valence-corrected chi connectivity index (χ3v) is 4.78. The SMILES string of the molecule is C=C/C=C(/CC/C=C(/C)C(=O)c1cccc(OC(C)C)c1)c1ccc(OC)c(C)c1. The normalized spacial score (nSPS) is 12.1. The zero-order chi connectivity index (χ0) is 22.1. The molecule has 0 aliphatic carbocycles. The topological polar surface area (TPSA) is 35.5 Å². The number of methoxy groups -OCH3 is 1. The first-order valence-corrected chi connectivity index (χ1v) is 10.3. The molecule has 0 fully saturated rings. The Labute approximate surface area is 180 Å². The van der Waals surface area contributed by atoms with E-state index in [1.54, 1.807) is 13.2 Å². The summed E-state index contributed by atoms with van der Waals surface area (Å²) in [5, 5.41) is 0. The molecule has 0 N–H and O–H groups in total. The third kappa shape index (κ3) is 6.48. The molecule has 0 aliphatic heterocycles. The average molecular weight is 405 g/mol. The summed E-state index contributed by atoms with van der Waals surface area (Å²) >= 11 is 0. The zero-order valence-electron chi connectivity index (χ0n) is 18.7. The van der Waals surface area contributed by atoms with E-state index in [2.05, 4.69) is 18.7 Å². The summed E-state index contributed by atoms with van der Waals surface area (Å²) in [5.74, 6) is 1.62. The number of benzene rings is 2. The van der Waals surface area contributed by atoms with Gasteiger partial charge in [0.1, 0.15) is 11.5 Å². The molecule has 0 aliphatic rings. The predicted molar refractivity (Wildman–Crippen MR) is 125 cm³/mol. The second-order valence-electron chi connectivity index (χ2n) is 7.56. The fourth-order valence-electron chi connectivity index (χ4n) is 3.29. The van der Waals surface area contributed by atoms with E-state index in [-0.39, 0.29) is 11.9 Å². The summed E-state index contributed by atoms with van der Waals surface area (Å²) in [4.78, 5) is 12.8. The molecule has 0 atom stereocenters. The van der Waals surface area contributed by atoms with Gasteiger partial charge in [-0.3, -0.25) is 4.79 Å². The van der Waals surface area contributed by atoms with Gasteiger partial charge in [0.2, 0.25) is 0 Å². The Hall–Kier alpha value is -3.07. The highest BCUT2D eigenvalue weighted by molar-refractivity contribution is 6.08. The number of carbonyl (C=O) groups is 1. The van der Waals surface area contributed by atoms with Crippen molar-refractivity contribution in [3.8, 4) is 11.5 Å². The van der Waals surface area contributed by atoms with Crippen LogP contribution in [0.3, 0.4) is 0 Å². The highest BCUT2D eigenvalue weighted by Crippen LogP contribution is 2.26. The lowest BCUT2D eigenvalue weighted by molar-refractivity contribution is 0.103. The number of aryl methyl sites for hydroxylation is 1. The molecule has 0 heterocycles. The largest absolute Gasteiger partial charge is 0.496 e. The number of rotatable bonds is 10. The minimum Gasteiger partial charge on any atom is -0.496 e. The van der Waals surface area contributed by atoms with Crippen LogP contribution in [-0.2, 0) is 0 Å². The number of hydrogen-bond acceptors (Lipinski definition) is 3. The molecule has 0 saturated carbocycles. The fraction of sp³-hybridized carbons (Fsp3) is 0.296. The van der Waals surface area contributed by atoms with E-state index in [0.29, 0.717) is 5.56 Å². The monoisotopic (exact) mass is 404 g/mol. The smallest absolute Gasteiger partial charge is 0.188 e. The Bertz CT molecular complexity index is 948. The summed E-state index contributed by atoms with van der Waals surface area (Å²) in [5.41, 5.74) is 4.80. The number of allylic oxidation sites excluding steroid dienone is 5. The Morgan fingerprint density at radius 3 is 2.53 bits per heavy atom. The van der Waals surface area contributed by atoms with Gasteiger partial charge in [-0.05, 0) is 87.1 Å². The molecule has 0 amide bonds. The van der Waals surface area contributed by atoms with Crippen LogP contribution in [0.4, 0.5) is 0 Å². The second kappa shape index (κ2) is 11.2. The van der Waals surface area contributed by atoms with Crippen LogP contribution in [-0.4, -0.2) is 19.0 Å². The summed E-state index contributed by atoms with van der Waals surface area (Å²) in [6, 6.07) is 13.5. The van der Waals surface area contributed by atoms with Crippen molar-refractivity contribution in [2.75, 3.05) is 7.11 Å². The maximum absolute atomic E-state index is 12.8. The van der Waals surface area contributed by atoms with Crippen molar-refractivity contribution in [3.05, 3.63) is 89.5 Å². The first-order chi connectivity index (χ1) is 14.3. The quantitative estimate of drug-likeness (QED) is 0.244. The Balaban J connectivity index is 2.10. The van der Waals surface area contributed by atoms with E-state index in [1.807, 2.05) is 70.2 Å². The minimum absolute atomic E-state index is 0.0266. The number of ether oxygens (including phenoxy) is 2. The van der Waals surface area contributed by atoms with Gasteiger partial charge in [0, 0.05) is 5.56 Å². The van der Waals surface area contributed by atoms with Gasteiger partial charge in [-0.25, -0.2) is 0 Å². The van der Waals surface area contributed by atoms with E-state index in [1.165, 1.54) is 5.57 Å². The lowest BCUT2D eigenvalue weighted by Crippen LogP contribution is -2.07. The van der Waals surface area contributed by atoms with Crippen molar-refractivity contribution >= 4 is 11.4 Å². The molecule has 0 bridgehead atoms. The number of ketones is 1. The van der Waals surface area contributed by atoms with Gasteiger partial charge in [0.15, 0.2) is 5.78 Å². The van der Waals surface area contributed by atoms with Gasteiger partial charge >= 0.3 is 0 Å². The number of Topliss-reactive ketones (excluding diaryl/α,β-unsaturated/α-hetero) is 1. The van der Waals surface area contributed by atoms with E-state index in [9.17, 15) is 4.79 Å². The van der Waals surface area contributed by atoms with Crippen LogP contribution in [0.15, 0.2) is 72.8 Å². The van der Waals surface area contributed by atoms with Crippen LogP contribution in [0, 0.1) is 6.92 Å². The lowest BCUT2D eigenvalue weighted by Gasteiger charge is -2.11. The second-order valence-corrected chi connectivity index (χ2v) is 7.56.